The average Bonchev–Trinajstić information content (AvgIpc) is 3.71. The third kappa shape index (κ3) is 5.29. The SMILES string of the molecule is BC(Nc1cc(Cl)c2ncc(C#N)c(N[C@H](CC)c3ccccc3)c2c1)(C1=CN(C2CC2)NN1)c1ccccc1Cl. The summed E-state index contributed by atoms with van der Waals surface area (Å²) < 4.78 is 0. The fourth-order valence-corrected chi connectivity index (χ4v) is 6.01. The van der Waals surface area contributed by atoms with Gasteiger partial charge in [-0.15, -0.1) is 5.53 Å². The van der Waals surface area contributed by atoms with Crippen LogP contribution in [-0.2, 0) is 5.44 Å². The van der Waals surface area contributed by atoms with Crippen LogP contribution >= 0.6 is 23.2 Å². The predicted octanol–water partition coefficient (Wildman–Crippen LogP) is 6.20. The van der Waals surface area contributed by atoms with Crippen LogP contribution in [0.2, 0.25) is 10.0 Å². The Morgan fingerprint density at radius 2 is 1.88 bits per heavy atom. The smallest absolute Gasteiger partial charge is 0.148 e. The van der Waals surface area contributed by atoms with Crippen molar-refractivity contribution in [1.82, 2.24) is 21.0 Å². The third-order valence-electron chi connectivity index (χ3n) is 7.85. The number of nitrogens with zero attached hydrogens (tertiary/aromatic N) is 3. The van der Waals surface area contributed by atoms with Crippen LogP contribution < -0.4 is 21.6 Å². The molecule has 1 unspecified atom stereocenters. The molecule has 0 spiro atoms. The minimum absolute atomic E-state index is 0.00464. The number of fused-ring (bicyclic) bond motifs is 1. The molecule has 10 heteroatoms. The van der Waals surface area contributed by atoms with Crippen molar-refractivity contribution in [3.8, 4) is 6.07 Å². The lowest BCUT2D eigenvalue weighted by Gasteiger charge is -2.34. The number of hydrazine groups is 2. The fraction of sp³-hybridized carbons (Fsp3) is 0.226. The first kappa shape index (κ1) is 27.3. The van der Waals surface area contributed by atoms with Gasteiger partial charge in [0.05, 0.1) is 39.0 Å². The largest absolute Gasteiger partial charge is 0.378 e. The van der Waals surface area contributed by atoms with Crippen LogP contribution in [0.5, 0.6) is 0 Å². The summed E-state index contributed by atoms with van der Waals surface area (Å²) in [6.07, 6.45) is 6.83. The quantitative estimate of drug-likeness (QED) is 0.175. The molecule has 2 aliphatic rings. The maximum absolute atomic E-state index is 10.0. The second-order valence-electron chi connectivity index (χ2n) is 10.7. The highest BCUT2D eigenvalue weighted by molar-refractivity contribution is 6.36. The van der Waals surface area contributed by atoms with Crippen LogP contribution in [0.1, 0.15) is 48.9 Å². The van der Waals surface area contributed by atoms with Gasteiger partial charge in [0.2, 0.25) is 0 Å². The number of hydrogen-bond donors (Lipinski definition) is 4. The summed E-state index contributed by atoms with van der Waals surface area (Å²) in [6.45, 7) is 2.12. The number of nitrogens with one attached hydrogen (secondary N) is 4. The highest BCUT2D eigenvalue weighted by Gasteiger charge is 2.39. The number of hydrogen-bond acceptors (Lipinski definition) is 7. The lowest BCUT2D eigenvalue weighted by molar-refractivity contribution is 0.260. The molecule has 4 aromatic rings. The molecule has 0 bridgehead atoms. The van der Waals surface area contributed by atoms with E-state index in [2.05, 4.69) is 70.8 Å². The van der Waals surface area contributed by atoms with E-state index in [1.54, 1.807) is 6.20 Å². The van der Waals surface area contributed by atoms with Crippen LogP contribution in [0.3, 0.4) is 0 Å². The number of anilines is 2. The summed E-state index contributed by atoms with van der Waals surface area (Å²) in [5.74, 6) is 0. The Morgan fingerprint density at radius 1 is 1.12 bits per heavy atom. The van der Waals surface area contributed by atoms with E-state index in [9.17, 15) is 5.26 Å². The molecule has 6 rings (SSSR count). The Kier molecular flexibility index (Phi) is 7.44. The first-order valence-electron chi connectivity index (χ1n) is 13.8. The minimum Gasteiger partial charge on any atom is -0.378 e. The number of aromatic nitrogens is 1. The Bertz CT molecular complexity index is 1670. The Labute approximate surface area is 250 Å². The molecule has 1 saturated carbocycles. The summed E-state index contributed by atoms with van der Waals surface area (Å²) in [7, 11) is 2.09. The van der Waals surface area contributed by atoms with Gasteiger partial charge in [0.15, 0.2) is 0 Å². The topological polar surface area (TPSA) is 88.0 Å². The molecule has 3 aromatic carbocycles. The number of rotatable bonds is 9. The molecule has 1 aliphatic heterocycles. The Hall–Kier alpha value is -3.90. The lowest BCUT2D eigenvalue weighted by Crippen LogP contribution is -2.45. The summed E-state index contributed by atoms with van der Waals surface area (Å²) in [4.78, 5) is 4.56. The van der Waals surface area contributed by atoms with Crippen LogP contribution in [0.25, 0.3) is 10.9 Å². The molecule has 1 fully saturated rings. The van der Waals surface area contributed by atoms with E-state index < -0.39 is 5.44 Å². The van der Waals surface area contributed by atoms with E-state index >= 15 is 0 Å². The minimum atomic E-state index is -0.740. The number of halogens is 2. The molecule has 1 aliphatic carbocycles. The van der Waals surface area contributed by atoms with Gasteiger partial charge in [-0.1, -0.05) is 78.7 Å². The van der Waals surface area contributed by atoms with Gasteiger partial charge in [0.25, 0.3) is 0 Å². The van der Waals surface area contributed by atoms with Gasteiger partial charge in [0.1, 0.15) is 13.9 Å². The van der Waals surface area contributed by atoms with Gasteiger partial charge in [-0.25, -0.2) is 0 Å². The van der Waals surface area contributed by atoms with E-state index in [0.717, 1.165) is 47.2 Å². The standard InChI is InChI=1S/C31H30BCl2N7/c1-2-27(19-8-4-3-5-9-19)37-29-20(16-35)17-36-30-23(29)14-21(15-26(30)34)38-31(32,24-10-6-7-11-25(24)33)28-18-41(40-39-28)22-12-13-22/h3-11,14-15,17-18,22,27,38-40H,2,12-13,32H2,1H3,(H,36,37)/t27-,31?/m1/s1. The van der Waals surface area contributed by atoms with E-state index in [0.29, 0.717) is 32.9 Å². The van der Waals surface area contributed by atoms with Crippen molar-refractivity contribution in [3.63, 3.8) is 0 Å². The highest BCUT2D eigenvalue weighted by atomic mass is 35.5. The van der Waals surface area contributed by atoms with Crippen molar-refractivity contribution >= 4 is 53.3 Å². The molecule has 0 amide bonds. The average molecular weight is 582 g/mol. The predicted molar refractivity (Wildman–Crippen MR) is 169 cm³/mol. The van der Waals surface area contributed by atoms with Crippen LogP contribution in [-0.4, -0.2) is 23.9 Å². The molecule has 4 N–H and O–H groups in total. The first-order chi connectivity index (χ1) is 19.9. The maximum atomic E-state index is 10.0. The van der Waals surface area contributed by atoms with E-state index in [-0.39, 0.29) is 6.04 Å². The summed E-state index contributed by atoms with van der Waals surface area (Å²) >= 11 is 13.6. The molecule has 1 aromatic heterocycles. The van der Waals surface area contributed by atoms with Crippen molar-refractivity contribution in [2.75, 3.05) is 10.6 Å². The molecule has 7 nitrogen and oxygen atoms in total. The van der Waals surface area contributed by atoms with Gasteiger partial charge in [-0.2, -0.15) is 5.26 Å². The molecule has 41 heavy (non-hydrogen) atoms. The first-order valence-corrected chi connectivity index (χ1v) is 14.6. The monoisotopic (exact) mass is 581 g/mol. The zero-order valence-corrected chi connectivity index (χ0v) is 24.4. The molecule has 2 heterocycles. The number of pyridine rings is 1. The highest BCUT2D eigenvalue weighted by Crippen LogP contribution is 2.40. The van der Waals surface area contributed by atoms with E-state index in [1.165, 1.54) is 0 Å². The van der Waals surface area contributed by atoms with Crippen LogP contribution in [0, 0.1) is 11.3 Å². The third-order valence-corrected chi connectivity index (χ3v) is 8.47. The van der Waals surface area contributed by atoms with Gasteiger partial charge in [-0.3, -0.25) is 9.99 Å². The molecule has 0 radical (unpaired) electrons. The number of benzene rings is 3. The Morgan fingerprint density at radius 3 is 2.59 bits per heavy atom. The van der Waals surface area contributed by atoms with Crippen molar-refractivity contribution in [3.05, 3.63) is 112 Å². The van der Waals surface area contributed by atoms with Gasteiger partial charge < -0.3 is 16.1 Å². The van der Waals surface area contributed by atoms with Gasteiger partial charge in [-0.05, 0) is 48.6 Å². The lowest BCUT2D eigenvalue weighted by atomic mass is 9.69. The number of nitriles is 1. The van der Waals surface area contributed by atoms with Crippen molar-refractivity contribution < 1.29 is 0 Å². The zero-order chi connectivity index (χ0) is 28.6. The van der Waals surface area contributed by atoms with Crippen molar-refractivity contribution in [1.29, 1.82) is 5.26 Å². The van der Waals surface area contributed by atoms with Gasteiger partial charge >= 0.3 is 0 Å². The molecular weight excluding hydrogens is 552 g/mol. The zero-order valence-electron chi connectivity index (χ0n) is 22.9. The van der Waals surface area contributed by atoms with Crippen molar-refractivity contribution in [2.24, 2.45) is 0 Å². The molecule has 206 valence electrons. The normalized spacial score (nSPS) is 16.8. The second-order valence-corrected chi connectivity index (χ2v) is 11.5. The summed E-state index contributed by atoms with van der Waals surface area (Å²) in [5, 5.41) is 21.4. The van der Waals surface area contributed by atoms with Gasteiger partial charge in [0, 0.05) is 34.5 Å². The van der Waals surface area contributed by atoms with E-state index in [1.807, 2.05) is 54.6 Å². The van der Waals surface area contributed by atoms with Crippen molar-refractivity contribution in [2.45, 2.75) is 43.7 Å². The molecular formula is C31H30BCl2N7. The molecule has 0 saturated heterocycles. The Balaban J connectivity index is 1.45. The second kappa shape index (κ2) is 11.2. The summed E-state index contributed by atoms with van der Waals surface area (Å²) in [5.41, 5.74) is 11.4. The maximum Gasteiger partial charge on any atom is 0.148 e. The molecule has 2 atom stereocenters. The summed E-state index contributed by atoms with van der Waals surface area (Å²) in [6, 6.07) is 24.7. The van der Waals surface area contributed by atoms with E-state index in [4.69, 9.17) is 23.2 Å². The van der Waals surface area contributed by atoms with Crippen LogP contribution in [0.15, 0.2) is 84.8 Å². The fourth-order valence-electron chi connectivity index (χ4n) is 5.42. The van der Waals surface area contributed by atoms with Crippen LogP contribution in [0.4, 0.5) is 11.4 Å².